The van der Waals surface area contributed by atoms with Gasteiger partial charge in [-0.05, 0) is 50.8 Å². The van der Waals surface area contributed by atoms with Crippen LogP contribution in [0.2, 0.25) is 0 Å². The Bertz CT molecular complexity index is 808. The SMILES string of the molecule is CCOC1CCN(C(=O)c2cccc([C@H]3CCc4nnc(C)n4C3)c2)CC1. The van der Waals surface area contributed by atoms with E-state index < -0.39 is 0 Å². The van der Waals surface area contributed by atoms with Crippen molar-refractivity contribution < 1.29 is 9.53 Å². The molecule has 144 valence electrons. The number of ether oxygens (including phenoxy) is 1. The van der Waals surface area contributed by atoms with E-state index in [1.807, 2.05) is 30.9 Å². The second-order valence-corrected chi connectivity index (χ2v) is 7.58. The van der Waals surface area contributed by atoms with E-state index in [0.717, 1.165) is 69.1 Å². The van der Waals surface area contributed by atoms with Crippen molar-refractivity contribution in [2.75, 3.05) is 19.7 Å². The van der Waals surface area contributed by atoms with Crippen LogP contribution >= 0.6 is 0 Å². The minimum absolute atomic E-state index is 0.142. The maximum Gasteiger partial charge on any atom is 0.253 e. The van der Waals surface area contributed by atoms with Crippen molar-refractivity contribution in [2.45, 2.75) is 58.1 Å². The quantitative estimate of drug-likeness (QED) is 0.832. The van der Waals surface area contributed by atoms with Crippen LogP contribution in [-0.2, 0) is 17.7 Å². The summed E-state index contributed by atoms with van der Waals surface area (Å²) in [6.45, 7) is 7.23. The Morgan fingerprint density at radius 1 is 1.22 bits per heavy atom. The number of carbonyl (C=O) groups is 1. The lowest BCUT2D eigenvalue weighted by Gasteiger charge is -2.32. The van der Waals surface area contributed by atoms with E-state index >= 15 is 0 Å². The Labute approximate surface area is 160 Å². The van der Waals surface area contributed by atoms with Gasteiger partial charge in [0.05, 0.1) is 6.10 Å². The highest BCUT2D eigenvalue weighted by Crippen LogP contribution is 2.29. The summed E-state index contributed by atoms with van der Waals surface area (Å²) < 4.78 is 7.91. The first-order valence-electron chi connectivity index (χ1n) is 10.0. The molecule has 27 heavy (non-hydrogen) atoms. The van der Waals surface area contributed by atoms with Gasteiger partial charge < -0.3 is 14.2 Å². The van der Waals surface area contributed by atoms with Gasteiger partial charge in [-0.3, -0.25) is 4.79 Å². The number of amides is 1. The monoisotopic (exact) mass is 368 g/mol. The summed E-state index contributed by atoms with van der Waals surface area (Å²) in [7, 11) is 0. The molecular formula is C21H28N4O2. The molecule has 1 aromatic carbocycles. The van der Waals surface area contributed by atoms with Gasteiger partial charge in [-0.15, -0.1) is 10.2 Å². The molecule has 1 saturated heterocycles. The van der Waals surface area contributed by atoms with Gasteiger partial charge in [-0.25, -0.2) is 0 Å². The van der Waals surface area contributed by atoms with Gasteiger partial charge in [0, 0.05) is 44.1 Å². The molecule has 0 bridgehead atoms. The first kappa shape index (κ1) is 18.2. The largest absolute Gasteiger partial charge is 0.378 e. The normalized spacial score (nSPS) is 20.5. The Morgan fingerprint density at radius 3 is 2.81 bits per heavy atom. The van der Waals surface area contributed by atoms with Crippen molar-refractivity contribution in [1.82, 2.24) is 19.7 Å². The molecule has 6 heteroatoms. The van der Waals surface area contributed by atoms with E-state index in [9.17, 15) is 4.79 Å². The Kier molecular flexibility index (Phi) is 5.25. The Morgan fingerprint density at radius 2 is 2.04 bits per heavy atom. The number of rotatable bonds is 4. The molecule has 3 heterocycles. The summed E-state index contributed by atoms with van der Waals surface area (Å²) in [5, 5.41) is 8.45. The lowest BCUT2D eigenvalue weighted by Crippen LogP contribution is -2.40. The van der Waals surface area contributed by atoms with Crippen LogP contribution in [0.3, 0.4) is 0 Å². The highest BCUT2D eigenvalue weighted by molar-refractivity contribution is 5.94. The first-order chi connectivity index (χ1) is 13.2. The second-order valence-electron chi connectivity index (χ2n) is 7.58. The van der Waals surface area contributed by atoms with Gasteiger partial charge in [0.15, 0.2) is 0 Å². The summed E-state index contributed by atoms with van der Waals surface area (Å²) >= 11 is 0. The lowest BCUT2D eigenvalue weighted by molar-refractivity contribution is 0.0146. The van der Waals surface area contributed by atoms with E-state index in [1.165, 1.54) is 5.56 Å². The highest BCUT2D eigenvalue weighted by Gasteiger charge is 2.26. The zero-order chi connectivity index (χ0) is 18.8. The smallest absolute Gasteiger partial charge is 0.253 e. The predicted molar refractivity (Wildman–Crippen MR) is 103 cm³/mol. The lowest BCUT2D eigenvalue weighted by atomic mass is 9.90. The molecule has 0 unspecified atom stereocenters. The topological polar surface area (TPSA) is 60.2 Å². The molecule has 2 aliphatic heterocycles. The number of aryl methyl sites for hydroxylation is 2. The van der Waals surface area contributed by atoms with Crippen molar-refractivity contribution >= 4 is 5.91 Å². The second kappa shape index (κ2) is 7.80. The summed E-state index contributed by atoms with van der Waals surface area (Å²) in [6, 6.07) is 8.20. The van der Waals surface area contributed by atoms with Gasteiger partial charge in [-0.1, -0.05) is 12.1 Å². The zero-order valence-corrected chi connectivity index (χ0v) is 16.2. The molecule has 0 saturated carbocycles. The third kappa shape index (κ3) is 3.76. The van der Waals surface area contributed by atoms with E-state index in [0.29, 0.717) is 12.0 Å². The van der Waals surface area contributed by atoms with Crippen LogP contribution in [0.25, 0.3) is 0 Å². The predicted octanol–water partition coefficient (Wildman–Crippen LogP) is 2.96. The number of hydrogen-bond donors (Lipinski definition) is 0. The van der Waals surface area contributed by atoms with Crippen molar-refractivity contribution in [1.29, 1.82) is 0 Å². The van der Waals surface area contributed by atoms with Gasteiger partial charge in [0.25, 0.3) is 5.91 Å². The maximum atomic E-state index is 13.0. The molecule has 1 aromatic heterocycles. The summed E-state index contributed by atoms with van der Waals surface area (Å²) in [4.78, 5) is 14.9. The summed E-state index contributed by atoms with van der Waals surface area (Å²) in [6.07, 6.45) is 4.15. The molecule has 1 fully saturated rings. The molecule has 0 N–H and O–H groups in total. The van der Waals surface area contributed by atoms with Crippen LogP contribution in [0.1, 0.15) is 59.7 Å². The average molecular weight is 368 g/mol. The molecule has 6 nitrogen and oxygen atoms in total. The molecule has 2 aromatic rings. The van der Waals surface area contributed by atoms with Crippen molar-refractivity contribution in [3.8, 4) is 0 Å². The third-order valence-corrected chi connectivity index (χ3v) is 5.87. The minimum Gasteiger partial charge on any atom is -0.378 e. The van der Waals surface area contributed by atoms with Crippen LogP contribution in [0.15, 0.2) is 24.3 Å². The van der Waals surface area contributed by atoms with Gasteiger partial charge in [0.2, 0.25) is 0 Å². The number of benzene rings is 1. The molecule has 0 aliphatic carbocycles. The van der Waals surface area contributed by atoms with Crippen molar-refractivity contribution in [2.24, 2.45) is 0 Å². The minimum atomic E-state index is 0.142. The molecule has 1 amide bonds. The zero-order valence-electron chi connectivity index (χ0n) is 16.2. The molecule has 1 atom stereocenters. The van der Waals surface area contributed by atoms with Crippen LogP contribution < -0.4 is 0 Å². The molecular weight excluding hydrogens is 340 g/mol. The third-order valence-electron chi connectivity index (χ3n) is 5.87. The maximum absolute atomic E-state index is 13.0. The number of hydrogen-bond acceptors (Lipinski definition) is 4. The Balaban J connectivity index is 1.45. The summed E-state index contributed by atoms with van der Waals surface area (Å²) in [5.41, 5.74) is 2.04. The molecule has 2 aliphatic rings. The van der Waals surface area contributed by atoms with Crippen LogP contribution in [0.4, 0.5) is 0 Å². The fourth-order valence-electron chi connectivity index (χ4n) is 4.30. The van der Waals surface area contributed by atoms with E-state index in [1.54, 1.807) is 0 Å². The molecule has 4 rings (SSSR count). The number of nitrogens with zero attached hydrogens (tertiary/aromatic N) is 4. The van der Waals surface area contributed by atoms with E-state index in [-0.39, 0.29) is 5.91 Å². The summed E-state index contributed by atoms with van der Waals surface area (Å²) in [5.74, 6) is 2.60. The number of piperidine rings is 1. The van der Waals surface area contributed by atoms with Gasteiger partial charge in [-0.2, -0.15) is 0 Å². The number of aromatic nitrogens is 3. The average Bonchev–Trinajstić information content (AvgIpc) is 3.09. The fraction of sp³-hybridized carbons (Fsp3) is 0.571. The van der Waals surface area contributed by atoms with E-state index in [2.05, 4.69) is 26.9 Å². The van der Waals surface area contributed by atoms with Crippen LogP contribution in [0, 0.1) is 6.92 Å². The number of carbonyl (C=O) groups excluding carboxylic acids is 1. The first-order valence-corrected chi connectivity index (χ1v) is 10.0. The standard InChI is InChI=1S/C21H28N4O2/c1-3-27-19-9-11-24(12-10-19)21(26)17-6-4-5-16(13-17)18-7-8-20-23-22-15(2)25(20)14-18/h4-6,13,18-19H,3,7-12,14H2,1-2H3/t18-/m0/s1. The van der Waals surface area contributed by atoms with Crippen molar-refractivity contribution in [3.63, 3.8) is 0 Å². The number of fused-ring (bicyclic) bond motifs is 1. The Hall–Kier alpha value is -2.21. The van der Waals surface area contributed by atoms with Crippen LogP contribution in [0.5, 0.6) is 0 Å². The highest BCUT2D eigenvalue weighted by atomic mass is 16.5. The van der Waals surface area contributed by atoms with Gasteiger partial charge in [0.1, 0.15) is 11.6 Å². The van der Waals surface area contributed by atoms with Gasteiger partial charge >= 0.3 is 0 Å². The fourth-order valence-corrected chi connectivity index (χ4v) is 4.30. The molecule has 0 radical (unpaired) electrons. The molecule has 0 spiro atoms. The van der Waals surface area contributed by atoms with E-state index in [4.69, 9.17) is 4.74 Å². The number of likely N-dealkylation sites (tertiary alicyclic amines) is 1. The van der Waals surface area contributed by atoms with Crippen molar-refractivity contribution in [3.05, 3.63) is 47.0 Å². The van der Waals surface area contributed by atoms with Crippen LogP contribution in [-0.4, -0.2) is 51.4 Å².